The number of hydrogen-bond acceptors (Lipinski definition) is 7. The summed E-state index contributed by atoms with van der Waals surface area (Å²) in [7, 11) is -3.72. The maximum absolute atomic E-state index is 13.7. The van der Waals surface area contributed by atoms with E-state index in [4.69, 9.17) is 14.5 Å². The largest absolute Gasteiger partial charge is 0.494 e. The third kappa shape index (κ3) is 5.76. The number of hydrogen-bond donors (Lipinski definition) is 1. The molecule has 1 saturated heterocycles. The van der Waals surface area contributed by atoms with Gasteiger partial charge in [-0.15, -0.1) is 0 Å². The quantitative estimate of drug-likeness (QED) is 0.310. The smallest absolute Gasteiger partial charge is 0.261 e. The molecular formula is C27H27N3O5S2. The number of ether oxygens (including phenoxy) is 2. The highest BCUT2D eigenvalue weighted by molar-refractivity contribution is 7.92. The molecule has 10 heteroatoms. The van der Waals surface area contributed by atoms with E-state index in [0.29, 0.717) is 36.1 Å². The molecule has 37 heavy (non-hydrogen) atoms. The van der Waals surface area contributed by atoms with E-state index >= 15 is 0 Å². The number of benzene rings is 3. The van der Waals surface area contributed by atoms with Crippen LogP contribution in [0.15, 0.2) is 77.7 Å². The molecule has 3 aromatic carbocycles. The lowest BCUT2D eigenvalue weighted by molar-refractivity contribution is 0.0917. The van der Waals surface area contributed by atoms with Gasteiger partial charge in [0, 0.05) is 17.9 Å². The average Bonchev–Trinajstić information content (AvgIpc) is 3.57. The fraction of sp³-hybridized carbons (Fsp3) is 0.259. The second-order valence-electron chi connectivity index (χ2n) is 8.61. The summed E-state index contributed by atoms with van der Waals surface area (Å²) in [5.41, 5.74) is 1.59. The van der Waals surface area contributed by atoms with Crippen LogP contribution in [0.3, 0.4) is 0 Å². The molecule has 0 spiro atoms. The maximum Gasteiger partial charge on any atom is 0.261 e. The van der Waals surface area contributed by atoms with E-state index in [1.807, 2.05) is 25.1 Å². The molecule has 1 N–H and O–H groups in total. The van der Waals surface area contributed by atoms with Crippen LogP contribution in [-0.4, -0.2) is 45.2 Å². The van der Waals surface area contributed by atoms with Crippen LogP contribution in [0.25, 0.3) is 10.2 Å². The van der Waals surface area contributed by atoms with E-state index in [-0.39, 0.29) is 16.9 Å². The van der Waals surface area contributed by atoms with Crippen molar-refractivity contribution in [2.75, 3.05) is 29.4 Å². The fourth-order valence-electron chi connectivity index (χ4n) is 4.15. The number of thiazole rings is 1. The zero-order valence-corrected chi connectivity index (χ0v) is 21.9. The summed E-state index contributed by atoms with van der Waals surface area (Å²) >= 11 is 1.43. The Kier molecular flexibility index (Phi) is 7.40. The van der Waals surface area contributed by atoms with Crippen molar-refractivity contribution < 1.29 is 22.7 Å². The van der Waals surface area contributed by atoms with Crippen LogP contribution >= 0.6 is 11.3 Å². The maximum atomic E-state index is 13.7. The van der Waals surface area contributed by atoms with Gasteiger partial charge in [0.15, 0.2) is 5.13 Å². The van der Waals surface area contributed by atoms with Crippen molar-refractivity contribution >= 4 is 48.3 Å². The molecule has 1 aliphatic heterocycles. The van der Waals surface area contributed by atoms with Crippen LogP contribution in [0.1, 0.15) is 30.1 Å². The molecule has 1 fully saturated rings. The first-order valence-electron chi connectivity index (χ1n) is 12.1. The van der Waals surface area contributed by atoms with E-state index in [1.54, 1.807) is 47.4 Å². The second-order valence-corrected chi connectivity index (χ2v) is 11.3. The number of fused-ring (bicyclic) bond motifs is 1. The van der Waals surface area contributed by atoms with Crippen molar-refractivity contribution in [2.24, 2.45) is 0 Å². The van der Waals surface area contributed by atoms with Crippen LogP contribution in [0, 0.1) is 0 Å². The average molecular weight is 538 g/mol. The number of sulfonamides is 1. The van der Waals surface area contributed by atoms with Gasteiger partial charge in [-0.25, -0.2) is 13.4 Å². The number of nitrogens with one attached hydrogen (secondary N) is 1. The van der Waals surface area contributed by atoms with Gasteiger partial charge in [-0.05, 0) is 74.4 Å². The highest BCUT2D eigenvalue weighted by Gasteiger charge is 2.27. The number of carbonyl (C=O) groups is 1. The van der Waals surface area contributed by atoms with Crippen LogP contribution in [0.5, 0.6) is 5.75 Å². The SMILES string of the molecule is CCOc1ccc2nc(N(CC3CCCO3)C(=O)c3ccc(NS(=O)(=O)c4ccccc4)cc3)sc2c1. The molecule has 192 valence electrons. The van der Waals surface area contributed by atoms with Crippen molar-refractivity contribution in [1.29, 1.82) is 0 Å². The summed E-state index contributed by atoms with van der Waals surface area (Å²) in [6.07, 6.45) is 1.77. The Hall–Kier alpha value is -3.47. The number of amides is 1. The highest BCUT2D eigenvalue weighted by atomic mass is 32.2. The van der Waals surface area contributed by atoms with Gasteiger partial charge < -0.3 is 9.47 Å². The van der Waals surface area contributed by atoms with Crippen LogP contribution in [-0.2, 0) is 14.8 Å². The Morgan fingerprint density at radius 2 is 1.92 bits per heavy atom. The van der Waals surface area contributed by atoms with Crippen LogP contribution in [0.2, 0.25) is 0 Å². The normalized spacial score (nSPS) is 15.5. The van der Waals surface area contributed by atoms with Gasteiger partial charge in [0.2, 0.25) is 0 Å². The van der Waals surface area contributed by atoms with Gasteiger partial charge in [0.1, 0.15) is 5.75 Å². The molecule has 1 unspecified atom stereocenters. The van der Waals surface area contributed by atoms with E-state index in [1.165, 1.54) is 23.5 Å². The van der Waals surface area contributed by atoms with E-state index in [2.05, 4.69) is 4.72 Å². The first-order chi connectivity index (χ1) is 17.9. The molecule has 8 nitrogen and oxygen atoms in total. The van der Waals surface area contributed by atoms with Crippen molar-refractivity contribution in [3.8, 4) is 5.75 Å². The van der Waals surface area contributed by atoms with Crippen molar-refractivity contribution in [2.45, 2.75) is 30.8 Å². The van der Waals surface area contributed by atoms with Crippen molar-refractivity contribution in [3.63, 3.8) is 0 Å². The molecule has 1 aliphatic rings. The monoisotopic (exact) mass is 537 g/mol. The van der Waals surface area contributed by atoms with Gasteiger partial charge in [0.25, 0.3) is 15.9 Å². The minimum Gasteiger partial charge on any atom is -0.494 e. The number of carbonyl (C=O) groups excluding carboxylic acids is 1. The van der Waals surface area contributed by atoms with Gasteiger partial charge in [-0.2, -0.15) is 0 Å². The minimum atomic E-state index is -3.72. The standard InChI is InChI=1S/C27H27N3O5S2/c1-2-34-21-14-15-24-25(17-21)36-27(28-24)30(18-22-7-6-16-35-22)26(31)19-10-12-20(13-11-19)29-37(32,33)23-8-4-3-5-9-23/h3-5,8-15,17,22,29H,2,6-7,16,18H2,1H3. The minimum absolute atomic E-state index is 0.0631. The molecule has 1 amide bonds. The summed E-state index contributed by atoms with van der Waals surface area (Å²) in [6, 6.07) is 20.2. The topological polar surface area (TPSA) is 97.8 Å². The summed E-state index contributed by atoms with van der Waals surface area (Å²) in [5.74, 6) is 0.535. The Morgan fingerprint density at radius 1 is 1.14 bits per heavy atom. The van der Waals surface area contributed by atoms with E-state index in [0.717, 1.165) is 28.8 Å². The van der Waals surface area contributed by atoms with E-state index < -0.39 is 10.0 Å². The van der Waals surface area contributed by atoms with Gasteiger partial charge in [-0.1, -0.05) is 29.5 Å². The summed E-state index contributed by atoms with van der Waals surface area (Å²) in [4.78, 5) is 20.2. The summed E-state index contributed by atoms with van der Waals surface area (Å²) < 4.78 is 40.2. The predicted octanol–water partition coefficient (Wildman–Crippen LogP) is 5.32. The zero-order valence-electron chi connectivity index (χ0n) is 20.3. The molecule has 1 aromatic heterocycles. The fourth-order valence-corrected chi connectivity index (χ4v) is 6.24. The lowest BCUT2D eigenvalue weighted by Crippen LogP contribution is -2.37. The highest BCUT2D eigenvalue weighted by Crippen LogP contribution is 2.33. The lowest BCUT2D eigenvalue weighted by atomic mass is 10.1. The number of anilines is 2. The second kappa shape index (κ2) is 10.9. The van der Waals surface area contributed by atoms with Gasteiger partial charge >= 0.3 is 0 Å². The molecule has 4 aromatic rings. The zero-order chi connectivity index (χ0) is 25.8. The first-order valence-corrected chi connectivity index (χ1v) is 14.4. The Labute approximate surface area is 219 Å². The summed E-state index contributed by atoms with van der Waals surface area (Å²) in [6.45, 7) is 3.57. The number of aromatic nitrogens is 1. The van der Waals surface area contributed by atoms with Crippen LogP contribution < -0.4 is 14.4 Å². The Bertz CT molecular complexity index is 1480. The summed E-state index contributed by atoms with van der Waals surface area (Å²) in [5, 5.41) is 0.581. The lowest BCUT2D eigenvalue weighted by Gasteiger charge is -2.23. The molecule has 5 rings (SSSR count). The third-order valence-corrected chi connectivity index (χ3v) is 8.42. The number of nitrogens with zero attached hydrogens (tertiary/aromatic N) is 2. The molecule has 2 heterocycles. The third-order valence-electron chi connectivity index (χ3n) is 5.98. The Morgan fingerprint density at radius 3 is 2.62 bits per heavy atom. The Balaban J connectivity index is 1.40. The first kappa shape index (κ1) is 25.2. The van der Waals surface area contributed by atoms with Crippen molar-refractivity contribution in [1.82, 2.24) is 4.98 Å². The van der Waals surface area contributed by atoms with Gasteiger partial charge in [-0.3, -0.25) is 14.4 Å². The molecule has 0 aliphatic carbocycles. The molecule has 1 atom stereocenters. The molecular weight excluding hydrogens is 510 g/mol. The molecule has 0 bridgehead atoms. The molecule has 0 saturated carbocycles. The van der Waals surface area contributed by atoms with E-state index in [9.17, 15) is 13.2 Å². The number of rotatable bonds is 9. The predicted molar refractivity (Wildman–Crippen MR) is 145 cm³/mol. The van der Waals surface area contributed by atoms with Crippen LogP contribution in [0.4, 0.5) is 10.8 Å². The van der Waals surface area contributed by atoms with Gasteiger partial charge in [0.05, 0.1) is 34.4 Å². The van der Waals surface area contributed by atoms with Crippen molar-refractivity contribution in [3.05, 3.63) is 78.4 Å². The molecule has 0 radical (unpaired) electrons.